The maximum atomic E-state index is 13.2. The fourth-order valence-corrected chi connectivity index (χ4v) is 17.4. The lowest BCUT2D eigenvalue weighted by atomic mass is 9.70. The summed E-state index contributed by atoms with van der Waals surface area (Å²) in [5.41, 5.74) is -3.68. The van der Waals surface area contributed by atoms with E-state index in [1.165, 1.54) is 86.6 Å². The smallest absolute Gasteiger partial charge is 0.338 e. The van der Waals surface area contributed by atoms with E-state index in [1.807, 2.05) is 41.5 Å². The molecule has 0 aliphatic heterocycles. The minimum Gasteiger partial charge on any atom is -0.461 e. The minimum absolute atomic E-state index is 0.0712. The number of Topliss-reactive ketones (excluding diaryl/α,β-unsaturated/α-hetero) is 2. The molecule has 448 valence electrons. The Morgan fingerprint density at radius 2 is 0.793 bits per heavy atom. The van der Waals surface area contributed by atoms with Crippen molar-refractivity contribution in [2.75, 3.05) is 51.1 Å². The lowest BCUT2D eigenvalue weighted by Gasteiger charge is -2.36. The number of fused-ring (bicyclic) bond motifs is 4. The first-order chi connectivity index (χ1) is 38.0. The minimum atomic E-state index is -4.23. The zero-order chi connectivity index (χ0) is 60.5. The van der Waals surface area contributed by atoms with Gasteiger partial charge in [0.15, 0.2) is 0 Å². The number of esters is 2. The molecule has 4 aromatic rings. The van der Waals surface area contributed by atoms with Crippen molar-refractivity contribution >= 4 is 87.2 Å². The highest BCUT2D eigenvalue weighted by molar-refractivity contribution is 7.87. The van der Waals surface area contributed by atoms with Crippen LogP contribution in [0.2, 0.25) is 10.0 Å². The normalized spacial score (nSPS) is 23.3. The Bertz CT molecular complexity index is 3270. The number of aryl methyl sites for hydroxylation is 2. The number of ether oxygens (including phenoxy) is 2. The Balaban J connectivity index is 0.000000236. The summed E-state index contributed by atoms with van der Waals surface area (Å²) in [7, 11) is -16.9. The van der Waals surface area contributed by atoms with Crippen molar-refractivity contribution in [2.24, 2.45) is 44.3 Å². The molecule has 0 aromatic heterocycles. The molecular formula is C58H70Cl2O18S4. The molecule has 24 heteroatoms. The second kappa shape index (κ2) is 24.4. The van der Waals surface area contributed by atoms with Crippen LogP contribution < -0.4 is 0 Å². The molecule has 8 rings (SSSR count). The molecule has 0 radical (unpaired) electrons. The number of hydrogen-bond donors (Lipinski definition) is 0. The Hall–Kier alpha value is -4.62. The van der Waals surface area contributed by atoms with Gasteiger partial charge in [0.05, 0.1) is 80.5 Å². The van der Waals surface area contributed by atoms with E-state index in [1.54, 1.807) is 24.3 Å². The van der Waals surface area contributed by atoms with Gasteiger partial charge in [-0.1, -0.05) is 100 Å². The van der Waals surface area contributed by atoms with Crippen LogP contribution in [-0.2, 0) is 76.3 Å². The van der Waals surface area contributed by atoms with E-state index in [2.05, 4.69) is 0 Å². The zero-order valence-corrected chi connectivity index (χ0v) is 51.8. The number of halogens is 2. The SMILES string of the molecule is Cc1ccc(S(=O)(=O)OC[C@@](C)(COC(=O)c2ccc(Cl)cc2)COS(=O)(=O)C[C@]23CC[C@H](CC2=O)C3(C)C)cc1.Cc1ccc(S(=O)(=O)OC[C@](C)(COC(=O)c2ccc(Cl)cc2)COS(=O)(=O)C[C@]23CC[C@H](CC2=O)C3(C)C)cc1. The van der Waals surface area contributed by atoms with Crippen LogP contribution in [0, 0.1) is 58.2 Å². The van der Waals surface area contributed by atoms with Crippen molar-refractivity contribution in [3.05, 3.63) is 129 Å². The largest absolute Gasteiger partial charge is 0.461 e. The van der Waals surface area contributed by atoms with E-state index < -0.39 is 136 Å². The number of carbonyl (C=O) groups excluding carboxylic acids is 4. The fraction of sp³-hybridized carbons (Fsp3) is 0.517. The summed E-state index contributed by atoms with van der Waals surface area (Å²) in [5.74, 6) is -2.25. The molecule has 82 heavy (non-hydrogen) atoms. The molecule has 4 aliphatic carbocycles. The third kappa shape index (κ3) is 14.5. The molecule has 0 amide bonds. The lowest BCUT2D eigenvalue weighted by molar-refractivity contribution is -0.128. The van der Waals surface area contributed by atoms with Gasteiger partial charge in [0.25, 0.3) is 40.5 Å². The lowest BCUT2D eigenvalue weighted by Crippen LogP contribution is -2.44. The van der Waals surface area contributed by atoms with E-state index in [9.17, 15) is 52.8 Å². The van der Waals surface area contributed by atoms with E-state index in [-0.39, 0.29) is 44.3 Å². The van der Waals surface area contributed by atoms with Gasteiger partial charge >= 0.3 is 11.9 Å². The molecule has 4 saturated carbocycles. The second-order valence-electron chi connectivity index (χ2n) is 24.1. The Morgan fingerprint density at radius 3 is 1.07 bits per heavy atom. The van der Waals surface area contributed by atoms with Gasteiger partial charge in [-0.25, -0.2) is 9.59 Å². The van der Waals surface area contributed by atoms with Gasteiger partial charge in [0.2, 0.25) is 0 Å². The van der Waals surface area contributed by atoms with Gasteiger partial charge in [0, 0.05) is 22.9 Å². The molecule has 0 spiro atoms. The summed E-state index contributed by atoms with van der Waals surface area (Å²) >= 11 is 11.8. The highest BCUT2D eigenvalue weighted by Gasteiger charge is 2.67. The predicted octanol–water partition coefficient (Wildman–Crippen LogP) is 9.92. The Labute approximate surface area is 491 Å². The summed E-state index contributed by atoms with van der Waals surface area (Å²) in [5, 5.41) is 0.855. The average molecular weight is 1250 g/mol. The first-order valence-electron chi connectivity index (χ1n) is 26.6. The highest BCUT2D eigenvalue weighted by atomic mass is 35.5. The van der Waals surface area contributed by atoms with Gasteiger partial charge < -0.3 is 9.47 Å². The molecule has 4 fully saturated rings. The number of benzene rings is 4. The van der Waals surface area contributed by atoms with Crippen molar-refractivity contribution in [2.45, 2.75) is 104 Å². The van der Waals surface area contributed by atoms with Gasteiger partial charge in [-0.3, -0.25) is 26.3 Å². The van der Waals surface area contributed by atoms with Crippen LogP contribution in [0.5, 0.6) is 0 Å². The molecule has 0 heterocycles. The van der Waals surface area contributed by atoms with E-state index in [0.29, 0.717) is 35.7 Å². The Kier molecular flexibility index (Phi) is 19.3. The first kappa shape index (κ1) is 64.9. The van der Waals surface area contributed by atoms with Crippen molar-refractivity contribution in [1.29, 1.82) is 0 Å². The van der Waals surface area contributed by atoms with Crippen LogP contribution in [-0.4, -0.2) is 108 Å². The van der Waals surface area contributed by atoms with Crippen LogP contribution in [0.15, 0.2) is 107 Å². The Morgan fingerprint density at radius 1 is 0.488 bits per heavy atom. The van der Waals surface area contributed by atoms with Crippen molar-refractivity contribution in [3.63, 3.8) is 0 Å². The van der Waals surface area contributed by atoms with Gasteiger partial charge in [-0.15, -0.1) is 0 Å². The van der Waals surface area contributed by atoms with E-state index >= 15 is 0 Å². The molecule has 6 atom stereocenters. The average Bonchev–Trinajstić information content (AvgIpc) is 1.71. The molecule has 4 aliphatic rings. The molecule has 0 saturated heterocycles. The standard InChI is InChI=1S/2C29H35ClO9S2/c2*1-20-5-11-24(12-6-20)41(35,36)39-18-28(4,16-37-26(32)21-7-9-23(30)10-8-21)17-38-40(33,34)19-29-14-13-22(15-25(29)31)27(29,2)3/h2*5-12,22H,13-19H2,1-4H3/t22-,28+,29-;22-,28-,29-/m11/s1. The number of rotatable bonds is 24. The summed E-state index contributed by atoms with van der Waals surface area (Å²) in [6.45, 7) is 11.3. The number of carbonyl (C=O) groups is 4. The second-order valence-corrected chi connectivity index (χ2v) is 31.5. The van der Waals surface area contributed by atoms with Crippen LogP contribution in [0.3, 0.4) is 0 Å². The molecular weight excluding hydrogens is 1180 g/mol. The third-order valence-electron chi connectivity index (χ3n) is 17.3. The third-order valence-corrected chi connectivity index (χ3v) is 23.0. The quantitative estimate of drug-likeness (QED) is 0.0466. The monoisotopic (exact) mass is 1250 g/mol. The summed E-state index contributed by atoms with van der Waals surface area (Å²) in [6, 6.07) is 24.0. The molecule has 0 unspecified atom stereocenters. The molecule has 0 N–H and O–H groups in total. The molecule has 4 aromatic carbocycles. The van der Waals surface area contributed by atoms with Gasteiger partial charge in [0.1, 0.15) is 24.8 Å². The van der Waals surface area contributed by atoms with E-state index in [4.69, 9.17) is 49.4 Å². The summed E-state index contributed by atoms with van der Waals surface area (Å²) in [4.78, 5) is 50.9. The maximum absolute atomic E-state index is 13.2. The van der Waals surface area contributed by atoms with Gasteiger partial charge in [-0.05, 0) is 135 Å². The van der Waals surface area contributed by atoms with Crippen molar-refractivity contribution < 1.29 is 79.1 Å². The fourth-order valence-electron chi connectivity index (χ4n) is 11.4. The molecule has 18 nitrogen and oxygen atoms in total. The van der Waals surface area contributed by atoms with Crippen LogP contribution in [0.4, 0.5) is 0 Å². The van der Waals surface area contributed by atoms with Crippen LogP contribution in [0.1, 0.15) is 112 Å². The zero-order valence-electron chi connectivity index (χ0n) is 47.0. The van der Waals surface area contributed by atoms with E-state index in [0.717, 1.165) is 24.0 Å². The number of ketones is 2. The first-order valence-corrected chi connectivity index (χ1v) is 33.3. The predicted molar refractivity (Wildman–Crippen MR) is 305 cm³/mol. The van der Waals surface area contributed by atoms with Crippen molar-refractivity contribution in [3.8, 4) is 0 Å². The number of hydrogen-bond acceptors (Lipinski definition) is 18. The van der Waals surface area contributed by atoms with Crippen molar-refractivity contribution in [1.82, 2.24) is 0 Å². The maximum Gasteiger partial charge on any atom is 0.338 e. The summed E-state index contributed by atoms with van der Waals surface area (Å²) in [6.07, 6.45) is 3.20. The van der Waals surface area contributed by atoms with Gasteiger partial charge in [-0.2, -0.15) is 33.7 Å². The highest BCUT2D eigenvalue weighted by Crippen LogP contribution is 2.65. The van der Waals surface area contributed by atoms with Crippen LogP contribution >= 0.6 is 23.2 Å². The summed E-state index contributed by atoms with van der Waals surface area (Å²) < 4.78 is 137. The molecule has 4 bridgehead atoms. The topological polar surface area (TPSA) is 260 Å². The van der Waals surface area contributed by atoms with Crippen LogP contribution in [0.25, 0.3) is 0 Å².